The fourth-order valence-corrected chi connectivity index (χ4v) is 2.15. The second-order valence-corrected chi connectivity index (χ2v) is 5.31. The summed E-state index contributed by atoms with van der Waals surface area (Å²) in [6.07, 6.45) is 5.25. The molecule has 2 rings (SSSR count). The second-order valence-electron chi connectivity index (χ2n) is 4.49. The molecule has 0 spiro atoms. The number of hydrogen-bond acceptors (Lipinski definition) is 2. The third kappa shape index (κ3) is 3.96. The van der Waals surface area contributed by atoms with E-state index in [0.717, 1.165) is 18.4 Å². The first-order valence-corrected chi connectivity index (χ1v) is 6.92. The predicted molar refractivity (Wildman–Crippen MR) is 77.3 cm³/mol. The molecule has 1 aromatic carbocycles. The van der Waals surface area contributed by atoms with Gasteiger partial charge in [-0.3, -0.25) is 4.79 Å². The number of carbonyl (C=O) groups excluding carboxylic acids is 1. The molecule has 1 amide bonds. The Kier molecular flexibility index (Phi) is 4.86. The molecule has 0 radical (unpaired) electrons. The fourth-order valence-electron chi connectivity index (χ4n) is 1.85. The summed E-state index contributed by atoms with van der Waals surface area (Å²) in [7, 11) is 0. The molecule has 0 aromatic heterocycles. The Hall–Kier alpha value is -1.03. The highest BCUT2D eigenvalue weighted by Gasteiger charge is 2.30. The van der Waals surface area contributed by atoms with E-state index in [1.54, 1.807) is 29.2 Å². The van der Waals surface area contributed by atoms with Gasteiger partial charge in [0.05, 0.1) is 16.7 Å². The van der Waals surface area contributed by atoms with Gasteiger partial charge in [0.1, 0.15) is 0 Å². The Labute approximate surface area is 122 Å². The van der Waals surface area contributed by atoms with Crippen molar-refractivity contribution in [1.29, 1.82) is 0 Å². The molecule has 0 heterocycles. The van der Waals surface area contributed by atoms with E-state index in [-0.39, 0.29) is 18.6 Å². The van der Waals surface area contributed by atoms with Crippen LogP contribution in [0, 0.1) is 0 Å². The largest absolute Gasteiger partial charge is 0.395 e. The molecule has 1 aliphatic rings. The third-order valence-corrected chi connectivity index (χ3v) is 3.71. The van der Waals surface area contributed by atoms with Crippen molar-refractivity contribution in [2.45, 2.75) is 18.9 Å². The lowest BCUT2D eigenvalue weighted by atomic mass is 10.2. The van der Waals surface area contributed by atoms with Crippen LogP contribution in [0.3, 0.4) is 0 Å². The van der Waals surface area contributed by atoms with Crippen molar-refractivity contribution in [2.75, 3.05) is 13.2 Å². The van der Waals surface area contributed by atoms with Crippen molar-refractivity contribution in [3.8, 4) is 0 Å². The molecular weight excluding hydrogens is 285 g/mol. The second kappa shape index (κ2) is 6.42. The van der Waals surface area contributed by atoms with Crippen LogP contribution in [0.25, 0.3) is 6.08 Å². The Morgan fingerprint density at radius 2 is 2.11 bits per heavy atom. The summed E-state index contributed by atoms with van der Waals surface area (Å²) < 4.78 is 0. The lowest BCUT2D eigenvalue weighted by molar-refractivity contribution is -0.127. The SMILES string of the molecule is O=C(/C=C/c1ccc(Cl)c(Cl)c1)N(CCO)C1CC1. The molecule has 1 N–H and O–H groups in total. The van der Waals surface area contributed by atoms with E-state index < -0.39 is 0 Å². The van der Waals surface area contributed by atoms with Gasteiger partial charge in [-0.05, 0) is 36.6 Å². The maximum absolute atomic E-state index is 12.0. The number of aliphatic hydroxyl groups is 1. The van der Waals surface area contributed by atoms with Crippen LogP contribution in [0.5, 0.6) is 0 Å². The van der Waals surface area contributed by atoms with Gasteiger partial charge >= 0.3 is 0 Å². The molecule has 5 heteroatoms. The van der Waals surface area contributed by atoms with E-state index in [1.165, 1.54) is 6.08 Å². The van der Waals surface area contributed by atoms with Crippen LogP contribution in [0.4, 0.5) is 0 Å². The Morgan fingerprint density at radius 3 is 2.68 bits per heavy atom. The predicted octanol–water partition coefficient (Wildman–Crippen LogP) is 2.99. The van der Waals surface area contributed by atoms with Crippen LogP contribution in [0.1, 0.15) is 18.4 Å². The molecule has 0 saturated heterocycles. The molecule has 0 atom stereocenters. The summed E-state index contributed by atoms with van der Waals surface area (Å²) in [6, 6.07) is 5.49. The van der Waals surface area contributed by atoms with Crippen molar-refractivity contribution >= 4 is 35.2 Å². The molecule has 0 bridgehead atoms. The highest BCUT2D eigenvalue weighted by Crippen LogP contribution is 2.27. The molecule has 0 aliphatic heterocycles. The van der Waals surface area contributed by atoms with Crippen molar-refractivity contribution in [3.63, 3.8) is 0 Å². The minimum absolute atomic E-state index is 0.0111. The average Bonchev–Trinajstić information content (AvgIpc) is 3.21. The normalized spacial score (nSPS) is 14.9. The van der Waals surface area contributed by atoms with E-state index in [4.69, 9.17) is 28.3 Å². The number of nitrogens with zero attached hydrogens (tertiary/aromatic N) is 1. The lowest BCUT2D eigenvalue weighted by Crippen LogP contribution is -2.34. The third-order valence-electron chi connectivity index (χ3n) is 2.97. The maximum atomic E-state index is 12.0. The molecule has 0 unspecified atom stereocenters. The average molecular weight is 300 g/mol. The maximum Gasteiger partial charge on any atom is 0.246 e. The van der Waals surface area contributed by atoms with Gasteiger partial charge in [0, 0.05) is 18.7 Å². The van der Waals surface area contributed by atoms with Crippen molar-refractivity contribution in [1.82, 2.24) is 4.90 Å². The number of hydrogen-bond donors (Lipinski definition) is 1. The van der Waals surface area contributed by atoms with Crippen LogP contribution in [-0.4, -0.2) is 35.1 Å². The zero-order valence-corrected chi connectivity index (χ0v) is 11.9. The van der Waals surface area contributed by atoms with Crippen LogP contribution in [0.15, 0.2) is 24.3 Å². The van der Waals surface area contributed by atoms with Gasteiger partial charge < -0.3 is 10.0 Å². The van der Waals surface area contributed by atoms with Gasteiger partial charge in [-0.25, -0.2) is 0 Å². The van der Waals surface area contributed by atoms with Crippen LogP contribution < -0.4 is 0 Å². The number of amides is 1. The molecule has 3 nitrogen and oxygen atoms in total. The van der Waals surface area contributed by atoms with E-state index >= 15 is 0 Å². The standard InChI is InChI=1S/C14H15Cl2NO2/c15-12-5-1-10(9-13(12)16)2-6-14(19)17(7-8-18)11-3-4-11/h1-2,5-6,9,11,18H,3-4,7-8H2/b6-2+. The Bertz CT molecular complexity index is 498. The molecule has 1 saturated carbocycles. The summed E-state index contributed by atoms with van der Waals surface area (Å²) in [5.74, 6) is -0.0809. The van der Waals surface area contributed by atoms with E-state index in [2.05, 4.69) is 0 Å². The number of halogens is 2. The number of rotatable bonds is 5. The number of benzene rings is 1. The van der Waals surface area contributed by atoms with E-state index in [9.17, 15) is 4.79 Å². The first-order valence-electron chi connectivity index (χ1n) is 6.16. The van der Waals surface area contributed by atoms with Crippen molar-refractivity contribution < 1.29 is 9.90 Å². The van der Waals surface area contributed by atoms with Gasteiger partial charge in [0.15, 0.2) is 0 Å². The minimum Gasteiger partial charge on any atom is -0.395 e. The highest BCUT2D eigenvalue weighted by molar-refractivity contribution is 6.42. The van der Waals surface area contributed by atoms with Crippen LogP contribution in [0.2, 0.25) is 10.0 Å². The zero-order chi connectivity index (χ0) is 13.8. The smallest absolute Gasteiger partial charge is 0.246 e. The number of carbonyl (C=O) groups is 1. The van der Waals surface area contributed by atoms with Crippen LogP contribution >= 0.6 is 23.2 Å². The molecular formula is C14H15Cl2NO2. The zero-order valence-electron chi connectivity index (χ0n) is 10.4. The first kappa shape index (κ1) is 14.4. The molecule has 102 valence electrons. The van der Waals surface area contributed by atoms with E-state index in [0.29, 0.717) is 16.6 Å². The minimum atomic E-state index is -0.0809. The van der Waals surface area contributed by atoms with Gasteiger partial charge in [-0.15, -0.1) is 0 Å². The van der Waals surface area contributed by atoms with Crippen LogP contribution in [-0.2, 0) is 4.79 Å². The topological polar surface area (TPSA) is 40.5 Å². The summed E-state index contributed by atoms with van der Waals surface area (Å²) in [5, 5.41) is 9.92. The van der Waals surface area contributed by atoms with Crippen molar-refractivity contribution in [3.05, 3.63) is 39.9 Å². The van der Waals surface area contributed by atoms with Gasteiger partial charge in [0.2, 0.25) is 5.91 Å². The first-order chi connectivity index (χ1) is 9.11. The van der Waals surface area contributed by atoms with Gasteiger partial charge in [-0.2, -0.15) is 0 Å². The molecule has 1 fully saturated rings. The summed E-state index contributed by atoms with van der Waals surface area (Å²) >= 11 is 11.7. The Balaban J connectivity index is 2.03. The summed E-state index contributed by atoms with van der Waals surface area (Å²) in [5.41, 5.74) is 0.822. The molecule has 19 heavy (non-hydrogen) atoms. The highest BCUT2D eigenvalue weighted by atomic mass is 35.5. The monoisotopic (exact) mass is 299 g/mol. The molecule has 1 aromatic rings. The molecule has 1 aliphatic carbocycles. The van der Waals surface area contributed by atoms with Crippen molar-refractivity contribution in [2.24, 2.45) is 0 Å². The number of aliphatic hydroxyl groups excluding tert-OH is 1. The Morgan fingerprint density at radius 1 is 1.37 bits per heavy atom. The quantitative estimate of drug-likeness (QED) is 0.849. The van der Waals surface area contributed by atoms with E-state index in [1.807, 2.05) is 0 Å². The van der Waals surface area contributed by atoms with Gasteiger partial charge in [-0.1, -0.05) is 29.3 Å². The van der Waals surface area contributed by atoms with Gasteiger partial charge in [0.25, 0.3) is 0 Å². The fraction of sp³-hybridized carbons (Fsp3) is 0.357. The summed E-state index contributed by atoms with van der Waals surface area (Å²) in [4.78, 5) is 13.7. The lowest BCUT2D eigenvalue weighted by Gasteiger charge is -2.19. The summed E-state index contributed by atoms with van der Waals surface area (Å²) in [6.45, 7) is 0.373.